The average Bonchev–Trinajstić information content (AvgIpc) is 1.59. The second-order valence-corrected chi connectivity index (χ2v) is 2.68. The topological polar surface area (TPSA) is 66.4 Å². The summed E-state index contributed by atoms with van der Waals surface area (Å²) in [5.41, 5.74) is 0.495. The zero-order chi connectivity index (χ0) is 7.49. The van der Waals surface area contributed by atoms with Gasteiger partial charge in [-0.25, -0.2) is 8.42 Å². The average molecular weight is 174 g/mol. The summed E-state index contributed by atoms with van der Waals surface area (Å²) >= 11 is 0. The van der Waals surface area contributed by atoms with E-state index < -0.39 is 10.4 Å². The molecule has 0 spiro atoms. The Bertz CT molecular complexity index is 195. The van der Waals surface area contributed by atoms with Crippen LogP contribution in [0.2, 0.25) is 0 Å². The molecule has 0 aliphatic heterocycles. The summed E-state index contributed by atoms with van der Waals surface area (Å²) in [4.78, 5) is 0. The molecule has 0 amide bonds. The third-order valence-corrected chi connectivity index (χ3v) is 0.856. The Balaban J connectivity index is 0. The predicted molar refractivity (Wildman–Crippen MR) is 30.5 cm³/mol. The molecule has 10 heavy (non-hydrogen) atoms. The first-order valence-electron chi connectivity index (χ1n) is 2.16. The molecule has 0 aliphatic carbocycles. The van der Waals surface area contributed by atoms with E-state index >= 15 is 0 Å². The molecular weight excluding hydrogens is 167 g/mol. The smallest absolute Gasteiger partial charge is 0.726 e. The van der Waals surface area contributed by atoms with E-state index in [9.17, 15) is 13.0 Å². The molecule has 0 aromatic carbocycles. The molecule has 0 heterocycles. The van der Waals surface area contributed by atoms with Crippen LogP contribution in [0.1, 0.15) is 6.92 Å². The van der Waals surface area contributed by atoms with Crippen LogP contribution >= 0.6 is 0 Å². The summed E-state index contributed by atoms with van der Waals surface area (Å²) < 4.78 is 33.0. The van der Waals surface area contributed by atoms with Crippen molar-refractivity contribution in [2.75, 3.05) is 6.61 Å². The van der Waals surface area contributed by atoms with Crippen LogP contribution in [0.15, 0.2) is 12.2 Å². The molecule has 0 N–H and O–H groups in total. The summed E-state index contributed by atoms with van der Waals surface area (Å²) in [7, 11) is -4.53. The summed E-state index contributed by atoms with van der Waals surface area (Å²) in [6, 6.07) is 0. The van der Waals surface area contributed by atoms with E-state index in [1.807, 2.05) is 0 Å². The van der Waals surface area contributed by atoms with Gasteiger partial charge in [0.2, 0.25) is 10.4 Å². The van der Waals surface area contributed by atoms with Crippen molar-refractivity contribution >= 4 is 10.4 Å². The van der Waals surface area contributed by atoms with Crippen molar-refractivity contribution in [2.24, 2.45) is 0 Å². The van der Waals surface area contributed by atoms with E-state index in [0.717, 1.165) is 0 Å². The van der Waals surface area contributed by atoms with Crippen LogP contribution in [0.4, 0.5) is 0 Å². The quantitative estimate of drug-likeness (QED) is 0.198. The third kappa shape index (κ3) is 11.4. The second-order valence-electron chi connectivity index (χ2n) is 1.63. The molecule has 0 radical (unpaired) electrons. The van der Waals surface area contributed by atoms with Crippen molar-refractivity contribution in [1.82, 2.24) is 0 Å². The standard InChI is InChI=1S/C4H8O4S.Na/c1-4(2)3-8-9(5,6)7;/h1,3H2,2H3,(H,5,6,7);/q;+1/p-1. The molecule has 0 saturated carbocycles. The van der Waals surface area contributed by atoms with Crippen molar-refractivity contribution in [1.29, 1.82) is 0 Å². The van der Waals surface area contributed by atoms with E-state index in [-0.39, 0.29) is 36.2 Å². The maximum Gasteiger partial charge on any atom is 1.00 e. The Morgan fingerprint density at radius 3 is 2.20 bits per heavy atom. The van der Waals surface area contributed by atoms with Gasteiger partial charge in [-0.2, -0.15) is 0 Å². The fourth-order valence-corrected chi connectivity index (χ4v) is 0.518. The molecule has 0 fully saturated rings. The van der Waals surface area contributed by atoms with E-state index in [1.54, 1.807) is 6.92 Å². The van der Waals surface area contributed by atoms with Crippen molar-refractivity contribution in [3.63, 3.8) is 0 Å². The van der Waals surface area contributed by atoms with Gasteiger partial charge >= 0.3 is 29.6 Å². The Hall–Kier alpha value is 0.610. The van der Waals surface area contributed by atoms with Crippen LogP contribution in [-0.2, 0) is 14.6 Å². The van der Waals surface area contributed by atoms with Gasteiger partial charge in [-0.05, 0) is 6.92 Å². The summed E-state index contributed by atoms with van der Waals surface area (Å²) in [5.74, 6) is 0. The van der Waals surface area contributed by atoms with Crippen LogP contribution in [0.5, 0.6) is 0 Å². The number of hydrogen-bond donors (Lipinski definition) is 0. The molecule has 0 aromatic rings. The van der Waals surface area contributed by atoms with E-state index in [2.05, 4.69) is 10.8 Å². The third-order valence-electron chi connectivity index (χ3n) is 0.450. The van der Waals surface area contributed by atoms with Crippen LogP contribution in [0.25, 0.3) is 0 Å². The Kier molecular flexibility index (Phi) is 6.99. The van der Waals surface area contributed by atoms with Gasteiger partial charge in [-0.3, -0.25) is 4.18 Å². The summed E-state index contributed by atoms with van der Waals surface area (Å²) in [6.07, 6.45) is 0. The maximum atomic E-state index is 9.72. The minimum Gasteiger partial charge on any atom is -0.726 e. The summed E-state index contributed by atoms with van der Waals surface area (Å²) in [6.45, 7) is 4.66. The molecule has 0 saturated heterocycles. The van der Waals surface area contributed by atoms with Gasteiger partial charge in [-0.15, -0.1) is 0 Å². The fourth-order valence-electron chi connectivity index (χ4n) is 0.173. The minimum absolute atomic E-state index is 0. The van der Waals surface area contributed by atoms with Crippen molar-refractivity contribution < 1.29 is 46.7 Å². The zero-order valence-corrected chi connectivity index (χ0v) is 8.77. The van der Waals surface area contributed by atoms with Crippen molar-refractivity contribution in [3.05, 3.63) is 12.2 Å². The SMILES string of the molecule is C=C(C)COS(=O)(=O)[O-].[Na+]. The van der Waals surface area contributed by atoms with E-state index in [1.165, 1.54) is 0 Å². The molecule has 6 heteroatoms. The molecular formula is C4H7NaO4S. The molecule has 0 rings (SSSR count). The molecule has 0 bridgehead atoms. The van der Waals surface area contributed by atoms with Crippen molar-refractivity contribution in [3.8, 4) is 0 Å². The zero-order valence-electron chi connectivity index (χ0n) is 5.96. The van der Waals surface area contributed by atoms with Gasteiger partial charge in [0, 0.05) is 0 Å². The Morgan fingerprint density at radius 1 is 1.70 bits per heavy atom. The van der Waals surface area contributed by atoms with E-state index in [4.69, 9.17) is 0 Å². The van der Waals surface area contributed by atoms with Gasteiger partial charge in [0.05, 0.1) is 6.61 Å². The second kappa shape index (κ2) is 5.29. The normalized spacial score (nSPS) is 10.2. The molecule has 0 atom stereocenters. The monoisotopic (exact) mass is 174 g/mol. The number of hydrogen-bond acceptors (Lipinski definition) is 4. The van der Waals surface area contributed by atoms with Gasteiger partial charge < -0.3 is 4.55 Å². The molecule has 54 valence electrons. The minimum atomic E-state index is -4.53. The van der Waals surface area contributed by atoms with Gasteiger partial charge in [0.1, 0.15) is 0 Å². The van der Waals surface area contributed by atoms with Gasteiger partial charge in [-0.1, -0.05) is 12.2 Å². The number of rotatable bonds is 3. The van der Waals surface area contributed by atoms with Crippen LogP contribution in [0.3, 0.4) is 0 Å². The van der Waals surface area contributed by atoms with E-state index in [0.29, 0.717) is 5.57 Å². The molecule has 0 aromatic heterocycles. The van der Waals surface area contributed by atoms with Crippen molar-refractivity contribution in [2.45, 2.75) is 6.92 Å². The predicted octanol–water partition coefficient (Wildman–Crippen LogP) is -2.96. The largest absolute Gasteiger partial charge is 1.00 e. The fraction of sp³-hybridized carbons (Fsp3) is 0.500. The van der Waals surface area contributed by atoms with Crippen LogP contribution in [-0.4, -0.2) is 19.6 Å². The van der Waals surface area contributed by atoms with Gasteiger partial charge in [0.15, 0.2) is 0 Å². The first-order valence-corrected chi connectivity index (χ1v) is 3.50. The molecule has 0 aliphatic rings. The van der Waals surface area contributed by atoms with Crippen LogP contribution < -0.4 is 29.6 Å². The Morgan fingerprint density at radius 2 is 2.10 bits per heavy atom. The maximum absolute atomic E-state index is 9.72. The molecule has 4 nitrogen and oxygen atoms in total. The Labute approximate surface area is 82.5 Å². The van der Waals surface area contributed by atoms with Crippen LogP contribution in [0, 0.1) is 0 Å². The molecule has 0 unspecified atom stereocenters. The first-order chi connectivity index (χ1) is 3.92. The van der Waals surface area contributed by atoms with Gasteiger partial charge in [0.25, 0.3) is 0 Å². The summed E-state index contributed by atoms with van der Waals surface area (Å²) in [5, 5.41) is 0. The first kappa shape index (κ1) is 13.2.